The van der Waals surface area contributed by atoms with Crippen LogP contribution in [0.25, 0.3) is 0 Å². The minimum atomic E-state index is -0.283. The van der Waals surface area contributed by atoms with Crippen LogP contribution < -0.4 is 15.4 Å². The smallest absolute Gasteiger partial charge is 0.323 e. The van der Waals surface area contributed by atoms with E-state index >= 15 is 0 Å². The lowest BCUT2D eigenvalue weighted by Gasteiger charge is -2.13. The first kappa shape index (κ1) is 17.6. The van der Waals surface area contributed by atoms with E-state index in [9.17, 15) is 4.79 Å². The molecule has 1 aliphatic rings. The van der Waals surface area contributed by atoms with Crippen molar-refractivity contribution in [3.8, 4) is 5.75 Å². The average molecular weight is 358 g/mol. The van der Waals surface area contributed by atoms with E-state index in [-0.39, 0.29) is 12.1 Å². The van der Waals surface area contributed by atoms with Gasteiger partial charge in [-0.15, -0.1) is 11.8 Å². The van der Waals surface area contributed by atoms with Crippen LogP contribution in [-0.2, 0) is 4.74 Å². The van der Waals surface area contributed by atoms with Gasteiger partial charge in [-0.25, -0.2) is 4.79 Å². The van der Waals surface area contributed by atoms with E-state index in [1.807, 2.05) is 54.8 Å². The molecule has 2 aromatic rings. The van der Waals surface area contributed by atoms with Crippen LogP contribution in [0.3, 0.4) is 0 Å². The number of anilines is 2. The van der Waals surface area contributed by atoms with Crippen molar-refractivity contribution in [2.24, 2.45) is 0 Å². The number of hydrogen-bond donors (Lipinski definition) is 2. The zero-order valence-corrected chi connectivity index (χ0v) is 15.0. The van der Waals surface area contributed by atoms with Crippen LogP contribution >= 0.6 is 11.8 Å². The highest BCUT2D eigenvalue weighted by atomic mass is 32.2. The van der Waals surface area contributed by atoms with Gasteiger partial charge in [0.25, 0.3) is 0 Å². The Morgan fingerprint density at radius 2 is 1.96 bits per heavy atom. The molecule has 3 rings (SSSR count). The van der Waals surface area contributed by atoms with Gasteiger partial charge in [0.15, 0.2) is 0 Å². The minimum Gasteiger partial charge on any atom is -0.491 e. The van der Waals surface area contributed by atoms with Crippen LogP contribution in [-0.4, -0.2) is 31.6 Å². The molecule has 0 saturated carbocycles. The van der Waals surface area contributed by atoms with Crippen LogP contribution in [0, 0.1) is 0 Å². The van der Waals surface area contributed by atoms with Crippen LogP contribution in [0.4, 0.5) is 16.2 Å². The Labute approximate surface area is 152 Å². The van der Waals surface area contributed by atoms with Gasteiger partial charge in [-0.05, 0) is 49.4 Å². The molecule has 0 aliphatic carbocycles. The molecule has 1 fully saturated rings. The van der Waals surface area contributed by atoms with Crippen molar-refractivity contribution in [1.29, 1.82) is 0 Å². The number of carbonyl (C=O) groups excluding carboxylic acids is 1. The van der Waals surface area contributed by atoms with Gasteiger partial charge < -0.3 is 20.1 Å². The molecule has 0 radical (unpaired) electrons. The van der Waals surface area contributed by atoms with Gasteiger partial charge in [-0.2, -0.15) is 0 Å². The number of carbonyl (C=O) groups is 1. The second-order valence-electron chi connectivity index (χ2n) is 5.78. The van der Waals surface area contributed by atoms with Gasteiger partial charge in [-0.1, -0.05) is 12.1 Å². The monoisotopic (exact) mass is 358 g/mol. The topological polar surface area (TPSA) is 59.6 Å². The number of rotatable bonds is 6. The molecular formula is C19H22N2O3S. The molecule has 1 heterocycles. The van der Waals surface area contributed by atoms with Gasteiger partial charge in [0.2, 0.25) is 0 Å². The largest absolute Gasteiger partial charge is 0.491 e. The Hall–Kier alpha value is -2.18. The first-order valence-corrected chi connectivity index (χ1v) is 9.52. The average Bonchev–Trinajstić information content (AvgIpc) is 3.14. The summed E-state index contributed by atoms with van der Waals surface area (Å²) in [4.78, 5) is 13.3. The third kappa shape index (κ3) is 5.41. The van der Waals surface area contributed by atoms with Crippen molar-refractivity contribution < 1.29 is 14.3 Å². The van der Waals surface area contributed by atoms with Crippen molar-refractivity contribution in [2.75, 3.05) is 30.1 Å². The summed E-state index contributed by atoms with van der Waals surface area (Å²) in [6, 6.07) is 14.8. The molecule has 2 N–H and O–H groups in total. The maximum atomic E-state index is 12.2. The predicted octanol–water partition coefficient (Wildman–Crippen LogP) is 4.61. The molecule has 2 aromatic carbocycles. The summed E-state index contributed by atoms with van der Waals surface area (Å²) in [6.45, 7) is 1.35. The van der Waals surface area contributed by atoms with Gasteiger partial charge >= 0.3 is 6.03 Å². The van der Waals surface area contributed by atoms with E-state index in [4.69, 9.17) is 9.47 Å². The fourth-order valence-electron chi connectivity index (χ4n) is 2.62. The van der Waals surface area contributed by atoms with Crippen molar-refractivity contribution in [2.45, 2.75) is 23.8 Å². The van der Waals surface area contributed by atoms with E-state index in [1.165, 1.54) is 0 Å². The third-order valence-electron chi connectivity index (χ3n) is 3.88. The summed E-state index contributed by atoms with van der Waals surface area (Å²) in [5.74, 6) is 0.720. The summed E-state index contributed by atoms with van der Waals surface area (Å²) >= 11 is 1.63. The quantitative estimate of drug-likeness (QED) is 0.740. The number of thioether (sulfide) groups is 1. The highest BCUT2D eigenvalue weighted by Crippen LogP contribution is 2.21. The lowest BCUT2D eigenvalue weighted by atomic mass is 10.2. The summed E-state index contributed by atoms with van der Waals surface area (Å²) in [7, 11) is 0. The van der Waals surface area contributed by atoms with Crippen LogP contribution in [0.5, 0.6) is 5.75 Å². The number of amides is 2. The third-order valence-corrected chi connectivity index (χ3v) is 4.60. The summed E-state index contributed by atoms with van der Waals surface area (Å²) in [5, 5.41) is 5.67. The molecule has 1 atom stereocenters. The number of urea groups is 1. The molecule has 25 heavy (non-hydrogen) atoms. The molecule has 1 aliphatic heterocycles. The number of hydrogen-bond acceptors (Lipinski definition) is 4. The Balaban J connectivity index is 1.54. The Morgan fingerprint density at radius 3 is 2.68 bits per heavy atom. The Bertz CT molecular complexity index is 717. The van der Waals surface area contributed by atoms with Crippen molar-refractivity contribution >= 4 is 29.2 Å². The minimum absolute atomic E-state index is 0.170. The van der Waals surface area contributed by atoms with E-state index < -0.39 is 0 Å². The van der Waals surface area contributed by atoms with Crippen LogP contribution in [0.15, 0.2) is 53.4 Å². The molecule has 6 heteroatoms. The fourth-order valence-corrected chi connectivity index (χ4v) is 3.08. The van der Waals surface area contributed by atoms with Crippen molar-refractivity contribution in [3.63, 3.8) is 0 Å². The molecule has 1 saturated heterocycles. The van der Waals surface area contributed by atoms with Gasteiger partial charge in [-0.3, -0.25) is 0 Å². The highest BCUT2D eigenvalue weighted by Gasteiger charge is 2.16. The summed E-state index contributed by atoms with van der Waals surface area (Å²) in [5.41, 5.74) is 1.44. The Morgan fingerprint density at radius 1 is 1.20 bits per heavy atom. The van der Waals surface area contributed by atoms with E-state index in [2.05, 4.69) is 10.6 Å². The van der Waals surface area contributed by atoms with Crippen LogP contribution in [0.2, 0.25) is 0 Å². The van der Waals surface area contributed by atoms with E-state index in [1.54, 1.807) is 11.8 Å². The number of benzene rings is 2. The second-order valence-corrected chi connectivity index (χ2v) is 6.66. The highest BCUT2D eigenvalue weighted by molar-refractivity contribution is 7.98. The van der Waals surface area contributed by atoms with E-state index in [0.29, 0.717) is 12.3 Å². The maximum Gasteiger partial charge on any atom is 0.323 e. The molecule has 0 aromatic heterocycles. The molecule has 5 nitrogen and oxygen atoms in total. The van der Waals surface area contributed by atoms with Crippen LogP contribution in [0.1, 0.15) is 12.8 Å². The normalized spacial score (nSPS) is 16.4. The fraction of sp³-hybridized carbons (Fsp3) is 0.316. The van der Waals surface area contributed by atoms with E-state index in [0.717, 1.165) is 35.8 Å². The molecule has 132 valence electrons. The summed E-state index contributed by atoms with van der Waals surface area (Å²) in [6.07, 6.45) is 4.30. The lowest BCUT2D eigenvalue weighted by molar-refractivity contribution is 0.0680. The molecule has 0 bridgehead atoms. The zero-order valence-electron chi connectivity index (χ0n) is 14.2. The Kier molecular flexibility index (Phi) is 6.19. The zero-order chi connectivity index (χ0) is 17.5. The van der Waals surface area contributed by atoms with Crippen molar-refractivity contribution in [3.05, 3.63) is 48.5 Å². The first-order chi connectivity index (χ1) is 12.2. The SMILES string of the molecule is CSc1cccc(NC(=O)Nc2cccc(OCC3CCCO3)c2)c1. The van der Waals surface area contributed by atoms with Gasteiger partial charge in [0, 0.05) is 28.9 Å². The molecule has 1 unspecified atom stereocenters. The summed E-state index contributed by atoms with van der Waals surface area (Å²) < 4.78 is 11.3. The molecule has 0 spiro atoms. The first-order valence-electron chi connectivity index (χ1n) is 8.29. The number of nitrogens with one attached hydrogen (secondary N) is 2. The van der Waals surface area contributed by atoms with Gasteiger partial charge in [0.05, 0.1) is 6.10 Å². The van der Waals surface area contributed by atoms with Crippen molar-refractivity contribution in [1.82, 2.24) is 0 Å². The predicted molar refractivity (Wildman–Crippen MR) is 102 cm³/mol. The number of ether oxygens (including phenoxy) is 2. The standard InChI is InChI=1S/C19H22N2O3S/c1-25-18-9-3-6-15(12-18)21-19(22)20-14-5-2-7-16(11-14)24-13-17-8-4-10-23-17/h2-3,5-7,9,11-12,17H,4,8,10,13H2,1H3,(H2,20,21,22). The molecular weight excluding hydrogens is 336 g/mol. The molecule has 2 amide bonds. The lowest BCUT2D eigenvalue weighted by Crippen LogP contribution is -2.19. The second kappa shape index (κ2) is 8.78. The maximum absolute atomic E-state index is 12.2. The van der Waals surface area contributed by atoms with Gasteiger partial charge in [0.1, 0.15) is 12.4 Å².